The smallest absolute Gasteiger partial charge is 0.340 e. The lowest BCUT2D eigenvalue weighted by Crippen LogP contribution is -2.33. The highest BCUT2D eigenvalue weighted by Gasteiger charge is 2.41. The summed E-state index contributed by atoms with van der Waals surface area (Å²) in [6.07, 6.45) is -3.84. The molecule has 0 heterocycles. The Hall–Kier alpha value is -1.35. The molecule has 0 bridgehead atoms. The Morgan fingerprint density at radius 3 is 2.25 bits per heavy atom. The zero-order chi connectivity index (χ0) is 15.7. The number of nitrogens with two attached hydrogens (primary N) is 1. The lowest BCUT2D eigenvalue weighted by atomic mass is 10.1. The van der Waals surface area contributed by atoms with Gasteiger partial charge in [0, 0.05) is 0 Å². The number of halogens is 4. The third-order valence-electron chi connectivity index (χ3n) is 2.73. The van der Waals surface area contributed by atoms with Crippen LogP contribution in [0, 0.1) is 13.8 Å². The van der Waals surface area contributed by atoms with Gasteiger partial charge in [0.15, 0.2) is 6.61 Å². The van der Waals surface area contributed by atoms with Crippen molar-refractivity contribution in [1.29, 1.82) is 0 Å². The molecule has 0 fully saturated rings. The van der Waals surface area contributed by atoms with E-state index in [0.29, 0.717) is 0 Å². The maximum atomic E-state index is 12.7. The summed E-state index contributed by atoms with van der Waals surface area (Å²) in [7, 11) is -3.95. The van der Waals surface area contributed by atoms with Gasteiger partial charge in [0.2, 0.25) is 10.0 Å². The molecule has 0 saturated heterocycles. The maximum Gasteiger partial charge on any atom is 0.340 e. The largest absolute Gasteiger partial charge is 0.487 e. The highest BCUT2D eigenvalue weighted by molar-refractivity contribution is 7.89. The zero-order valence-electron chi connectivity index (χ0n) is 10.7. The fraction of sp³-hybridized carbons (Fsp3) is 0.455. The van der Waals surface area contributed by atoms with Crippen LogP contribution in [0.3, 0.4) is 0 Å². The van der Waals surface area contributed by atoms with Gasteiger partial charge in [0.05, 0.1) is 4.90 Å². The number of alkyl halides is 4. The van der Waals surface area contributed by atoms with Crippen LogP contribution in [0.2, 0.25) is 0 Å². The fourth-order valence-corrected chi connectivity index (χ4v) is 2.31. The van der Waals surface area contributed by atoms with Crippen molar-refractivity contribution < 1.29 is 30.7 Å². The standard InChI is InChI=1S/C11H13F4NO3S/c1-6-7(2)9(20(16,17)18)4-3-8(6)19-5-11(14,15)10(12)13/h3-4,10H,5H2,1-2H3,(H2,16,17,18). The minimum atomic E-state index is -4.28. The molecule has 1 rings (SSSR count). The quantitative estimate of drug-likeness (QED) is 0.847. The van der Waals surface area contributed by atoms with Crippen molar-refractivity contribution in [3.05, 3.63) is 23.3 Å². The topological polar surface area (TPSA) is 69.4 Å². The molecule has 0 atom stereocenters. The molecule has 20 heavy (non-hydrogen) atoms. The van der Waals surface area contributed by atoms with Crippen molar-refractivity contribution in [3.63, 3.8) is 0 Å². The number of ether oxygens (including phenoxy) is 1. The van der Waals surface area contributed by atoms with Crippen LogP contribution in [-0.4, -0.2) is 27.4 Å². The molecular formula is C11H13F4NO3S. The van der Waals surface area contributed by atoms with Crippen LogP contribution in [0.5, 0.6) is 5.75 Å². The first-order chi connectivity index (χ1) is 8.97. The van der Waals surface area contributed by atoms with Gasteiger partial charge in [0.1, 0.15) is 5.75 Å². The summed E-state index contributed by atoms with van der Waals surface area (Å²) in [5, 5.41) is 4.97. The molecule has 0 aromatic heterocycles. The summed E-state index contributed by atoms with van der Waals surface area (Å²) >= 11 is 0. The van der Waals surface area contributed by atoms with E-state index < -0.39 is 29.0 Å². The Morgan fingerprint density at radius 1 is 1.25 bits per heavy atom. The SMILES string of the molecule is Cc1c(OCC(F)(F)C(F)F)ccc(S(N)(=O)=O)c1C. The molecule has 0 unspecified atom stereocenters. The molecule has 0 aliphatic carbocycles. The van der Waals surface area contributed by atoms with Gasteiger partial charge in [-0.1, -0.05) is 0 Å². The van der Waals surface area contributed by atoms with Crippen molar-refractivity contribution >= 4 is 10.0 Å². The highest BCUT2D eigenvalue weighted by Crippen LogP contribution is 2.29. The van der Waals surface area contributed by atoms with Crippen molar-refractivity contribution in [1.82, 2.24) is 0 Å². The van der Waals surface area contributed by atoms with Crippen molar-refractivity contribution in [2.45, 2.75) is 31.1 Å². The molecular weight excluding hydrogens is 302 g/mol. The summed E-state index contributed by atoms with van der Waals surface area (Å²) in [6.45, 7) is 1.33. The second kappa shape index (κ2) is 5.57. The first-order valence-corrected chi connectivity index (χ1v) is 6.93. The van der Waals surface area contributed by atoms with E-state index in [9.17, 15) is 26.0 Å². The van der Waals surface area contributed by atoms with Crippen molar-refractivity contribution in [3.8, 4) is 5.75 Å². The molecule has 9 heteroatoms. The first kappa shape index (κ1) is 16.7. The van der Waals surface area contributed by atoms with Crippen LogP contribution in [0.1, 0.15) is 11.1 Å². The van der Waals surface area contributed by atoms with Gasteiger partial charge in [-0.05, 0) is 37.1 Å². The summed E-state index contributed by atoms with van der Waals surface area (Å²) < 4.78 is 76.6. The lowest BCUT2D eigenvalue weighted by molar-refractivity contribution is -0.148. The Labute approximate surface area is 113 Å². The monoisotopic (exact) mass is 315 g/mol. The van der Waals surface area contributed by atoms with Crippen LogP contribution in [0.25, 0.3) is 0 Å². The predicted octanol–water partition coefficient (Wildman–Crippen LogP) is 2.23. The number of hydrogen-bond acceptors (Lipinski definition) is 3. The van der Waals surface area contributed by atoms with Crippen molar-refractivity contribution in [2.24, 2.45) is 5.14 Å². The van der Waals surface area contributed by atoms with Gasteiger partial charge in [-0.25, -0.2) is 22.3 Å². The summed E-state index contributed by atoms with van der Waals surface area (Å²) in [5.74, 6) is -4.38. The molecule has 1 aromatic rings. The first-order valence-electron chi connectivity index (χ1n) is 5.38. The highest BCUT2D eigenvalue weighted by atomic mass is 32.2. The molecule has 2 N–H and O–H groups in total. The zero-order valence-corrected chi connectivity index (χ0v) is 11.5. The third kappa shape index (κ3) is 3.60. The van der Waals surface area contributed by atoms with Gasteiger partial charge in [-0.2, -0.15) is 8.78 Å². The Balaban J connectivity index is 3.04. The molecule has 0 aliphatic heterocycles. The van der Waals surface area contributed by atoms with Gasteiger partial charge in [0.25, 0.3) is 0 Å². The van der Waals surface area contributed by atoms with Crippen molar-refractivity contribution in [2.75, 3.05) is 6.61 Å². The van der Waals surface area contributed by atoms with E-state index in [1.807, 2.05) is 0 Å². The van der Waals surface area contributed by atoms with E-state index >= 15 is 0 Å². The predicted molar refractivity (Wildman–Crippen MR) is 63.7 cm³/mol. The molecule has 0 amide bonds. The molecule has 0 spiro atoms. The van der Waals surface area contributed by atoms with E-state index in [2.05, 4.69) is 4.74 Å². The molecule has 0 saturated carbocycles. The average molecular weight is 315 g/mol. The van der Waals surface area contributed by atoms with Crippen LogP contribution in [-0.2, 0) is 10.0 Å². The second-order valence-electron chi connectivity index (χ2n) is 4.21. The van der Waals surface area contributed by atoms with Gasteiger partial charge in [-0.3, -0.25) is 0 Å². The molecule has 1 aromatic carbocycles. The number of hydrogen-bond donors (Lipinski definition) is 1. The van der Waals surface area contributed by atoms with Crippen LogP contribution < -0.4 is 9.88 Å². The lowest BCUT2D eigenvalue weighted by Gasteiger charge is -2.18. The van der Waals surface area contributed by atoms with Crippen LogP contribution >= 0.6 is 0 Å². The maximum absolute atomic E-state index is 12.7. The van der Waals surface area contributed by atoms with E-state index in [1.54, 1.807) is 0 Å². The molecule has 4 nitrogen and oxygen atoms in total. The minimum absolute atomic E-state index is 0.102. The number of primary sulfonamides is 1. The van der Waals surface area contributed by atoms with Gasteiger partial charge >= 0.3 is 12.3 Å². The summed E-state index contributed by atoms with van der Waals surface area (Å²) in [4.78, 5) is -0.178. The third-order valence-corrected chi connectivity index (χ3v) is 3.79. The van der Waals surface area contributed by atoms with E-state index in [1.165, 1.54) is 13.8 Å². The Morgan fingerprint density at radius 2 is 1.80 bits per heavy atom. The number of benzene rings is 1. The van der Waals surface area contributed by atoms with Crippen LogP contribution in [0.4, 0.5) is 17.6 Å². The van der Waals surface area contributed by atoms with E-state index in [4.69, 9.17) is 5.14 Å². The Bertz CT molecular complexity index is 602. The number of sulfonamides is 1. The number of rotatable bonds is 5. The molecule has 114 valence electrons. The minimum Gasteiger partial charge on any atom is -0.487 e. The average Bonchev–Trinajstić information content (AvgIpc) is 2.29. The van der Waals surface area contributed by atoms with Crippen LogP contribution in [0.15, 0.2) is 17.0 Å². The van der Waals surface area contributed by atoms with E-state index in [-0.39, 0.29) is 21.8 Å². The Kier molecular flexibility index (Phi) is 4.65. The molecule has 0 radical (unpaired) electrons. The summed E-state index contributed by atoms with van der Waals surface area (Å²) in [5.41, 5.74) is 0.451. The normalized spacial score (nSPS) is 12.8. The summed E-state index contributed by atoms with van der Waals surface area (Å²) in [6, 6.07) is 2.18. The van der Waals surface area contributed by atoms with Gasteiger partial charge < -0.3 is 4.74 Å². The fourth-order valence-electron chi connectivity index (χ4n) is 1.47. The molecule has 0 aliphatic rings. The van der Waals surface area contributed by atoms with Gasteiger partial charge in [-0.15, -0.1) is 0 Å². The van der Waals surface area contributed by atoms with E-state index in [0.717, 1.165) is 12.1 Å². The second-order valence-corrected chi connectivity index (χ2v) is 5.74.